The van der Waals surface area contributed by atoms with Crippen molar-refractivity contribution < 1.29 is 28.2 Å². The van der Waals surface area contributed by atoms with Crippen LogP contribution < -0.4 is 14.8 Å². The molecule has 1 atom stereocenters. The fourth-order valence-corrected chi connectivity index (χ4v) is 3.93. The molecule has 0 spiro atoms. The maximum absolute atomic E-state index is 12.3. The maximum atomic E-state index is 12.3. The first-order chi connectivity index (χ1) is 15.1. The van der Waals surface area contributed by atoms with Crippen molar-refractivity contribution in [3.8, 4) is 22.8 Å². The van der Waals surface area contributed by atoms with Gasteiger partial charge in [-0.3, -0.25) is 4.79 Å². The van der Waals surface area contributed by atoms with E-state index >= 15 is 0 Å². The van der Waals surface area contributed by atoms with Gasteiger partial charge in [-0.25, -0.2) is 4.79 Å². The van der Waals surface area contributed by atoms with E-state index in [0.717, 1.165) is 11.1 Å². The van der Waals surface area contributed by atoms with Crippen molar-refractivity contribution in [2.45, 2.75) is 19.3 Å². The predicted octanol–water partition coefficient (Wildman–Crippen LogP) is 4.37. The maximum Gasteiger partial charge on any atom is 0.338 e. The fraction of sp³-hybridized carbons (Fsp3) is 0.250. The van der Waals surface area contributed by atoms with E-state index in [1.54, 1.807) is 19.1 Å². The average molecular weight is 419 g/mol. The molecule has 1 aromatic heterocycles. The Labute approximate surface area is 178 Å². The van der Waals surface area contributed by atoms with Crippen LogP contribution in [0.2, 0.25) is 0 Å². The average Bonchev–Trinajstić information content (AvgIpc) is 3.27. The standard InChI is InChI=1S/C24H21NO6/c1-2-28-24(27)15-5-3-14(4-6-15)19-7-8-20(31-19)17-12-23(26)25-18-13-22-21(11-16(17)18)29-9-10-30-22/h3-8,11,13,17H,2,9-10,12H2,1H3,(H,25,26)/t17-/m1/s1. The van der Waals surface area contributed by atoms with Gasteiger partial charge in [0.1, 0.15) is 24.7 Å². The Hall–Kier alpha value is -3.74. The van der Waals surface area contributed by atoms with E-state index in [-0.39, 0.29) is 24.2 Å². The third kappa shape index (κ3) is 3.63. The Kier molecular flexibility index (Phi) is 4.86. The zero-order valence-electron chi connectivity index (χ0n) is 17.0. The van der Waals surface area contributed by atoms with Crippen molar-refractivity contribution in [1.29, 1.82) is 0 Å². The largest absolute Gasteiger partial charge is 0.486 e. The van der Waals surface area contributed by atoms with Gasteiger partial charge in [-0.05, 0) is 42.8 Å². The lowest BCUT2D eigenvalue weighted by Gasteiger charge is -2.27. The summed E-state index contributed by atoms with van der Waals surface area (Å²) in [5.41, 5.74) is 2.97. The normalized spacial score (nSPS) is 16.9. The third-order valence-corrected chi connectivity index (χ3v) is 5.40. The molecule has 0 bridgehead atoms. The number of ether oxygens (including phenoxy) is 3. The monoisotopic (exact) mass is 419 g/mol. The summed E-state index contributed by atoms with van der Waals surface area (Å²) in [7, 11) is 0. The van der Waals surface area contributed by atoms with Gasteiger partial charge in [-0.2, -0.15) is 0 Å². The highest BCUT2D eigenvalue weighted by atomic mass is 16.6. The lowest BCUT2D eigenvalue weighted by Crippen LogP contribution is -2.24. The first kappa shape index (κ1) is 19.2. The lowest BCUT2D eigenvalue weighted by molar-refractivity contribution is -0.116. The van der Waals surface area contributed by atoms with Crippen LogP contribution in [0.1, 0.15) is 40.9 Å². The number of hydrogen-bond acceptors (Lipinski definition) is 6. The number of rotatable bonds is 4. The quantitative estimate of drug-likeness (QED) is 0.632. The van der Waals surface area contributed by atoms with E-state index in [9.17, 15) is 9.59 Å². The molecule has 0 aliphatic carbocycles. The molecule has 2 aliphatic rings. The third-order valence-electron chi connectivity index (χ3n) is 5.40. The van der Waals surface area contributed by atoms with Crippen molar-refractivity contribution in [2.24, 2.45) is 0 Å². The van der Waals surface area contributed by atoms with E-state index < -0.39 is 0 Å². The summed E-state index contributed by atoms with van der Waals surface area (Å²) in [4.78, 5) is 24.2. The Bertz CT molecular complexity index is 1150. The van der Waals surface area contributed by atoms with Crippen LogP contribution in [0.5, 0.6) is 11.5 Å². The first-order valence-corrected chi connectivity index (χ1v) is 10.2. The molecule has 2 aromatic carbocycles. The van der Waals surface area contributed by atoms with Gasteiger partial charge < -0.3 is 23.9 Å². The number of fused-ring (bicyclic) bond motifs is 2. The van der Waals surface area contributed by atoms with Gasteiger partial charge in [0.2, 0.25) is 5.91 Å². The minimum absolute atomic E-state index is 0.0779. The SMILES string of the molecule is CCOC(=O)c1ccc(-c2ccc([C@@H]3CC(=O)Nc4cc5c(cc43)OCCO5)o2)cc1. The fourth-order valence-electron chi connectivity index (χ4n) is 3.93. The summed E-state index contributed by atoms with van der Waals surface area (Å²) in [5, 5.41) is 2.92. The second kappa shape index (κ2) is 7.83. The summed E-state index contributed by atoms with van der Waals surface area (Å²) in [6.07, 6.45) is 0.279. The van der Waals surface area contributed by atoms with Gasteiger partial charge in [0, 0.05) is 23.7 Å². The van der Waals surface area contributed by atoms with Crippen LogP contribution >= 0.6 is 0 Å². The van der Waals surface area contributed by atoms with E-state index in [4.69, 9.17) is 18.6 Å². The number of nitrogens with one attached hydrogen (secondary N) is 1. The van der Waals surface area contributed by atoms with Gasteiger partial charge in [0.25, 0.3) is 0 Å². The number of furan rings is 1. The molecule has 1 amide bonds. The van der Waals surface area contributed by atoms with Crippen molar-refractivity contribution in [3.63, 3.8) is 0 Å². The van der Waals surface area contributed by atoms with Crippen LogP contribution in [0.15, 0.2) is 52.9 Å². The van der Waals surface area contributed by atoms with Gasteiger partial charge in [-0.1, -0.05) is 12.1 Å². The molecular formula is C24H21NO6. The molecule has 3 heterocycles. The van der Waals surface area contributed by atoms with Gasteiger partial charge in [-0.15, -0.1) is 0 Å². The summed E-state index contributed by atoms with van der Waals surface area (Å²) < 4.78 is 22.5. The molecule has 31 heavy (non-hydrogen) atoms. The topological polar surface area (TPSA) is 87.0 Å². The highest BCUT2D eigenvalue weighted by molar-refractivity contribution is 5.96. The number of esters is 1. The minimum Gasteiger partial charge on any atom is -0.486 e. The predicted molar refractivity (Wildman–Crippen MR) is 113 cm³/mol. The second-order valence-corrected chi connectivity index (χ2v) is 7.39. The lowest BCUT2D eigenvalue weighted by atomic mass is 9.88. The summed E-state index contributed by atoms with van der Waals surface area (Å²) >= 11 is 0. The molecule has 0 radical (unpaired) electrons. The van der Waals surface area contributed by atoms with Crippen LogP contribution in [0.3, 0.4) is 0 Å². The molecule has 0 fully saturated rings. The highest BCUT2D eigenvalue weighted by Gasteiger charge is 2.31. The molecule has 0 saturated carbocycles. The van der Waals surface area contributed by atoms with E-state index in [1.807, 2.05) is 36.4 Å². The highest BCUT2D eigenvalue weighted by Crippen LogP contribution is 2.44. The molecule has 7 heteroatoms. The molecule has 2 aliphatic heterocycles. The van der Waals surface area contributed by atoms with E-state index in [1.165, 1.54) is 0 Å². The second-order valence-electron chi connectivity index (χ2n) is 7.39. The summed E-state index contributed by atoms with van der Waals surface area (Å²) in [5.74, 6) is 2.00. The van der Waals surface area contributed by atoms with Crippen molar-refractivity contribution >= 4 is 17.6 Å². The molecule has 5 rings (SSSR count). The van der Waals surface area contributed by atoms with Crippen LogP contribution in [0.25, 0.3) is 11.3 Å². The Morgan fingerprint density at radius 3 is 2.55 bits per heavy atom. The smallest absolute Gasteiger partial charge is 0.338 e. The van der Waals surface area contributed by atoms with Crippen molar-refractivity contribution in [1.82, 2.24) is 0 Å². The zero-order chi connectivity index (χ0) is 21.4. The number of anilines is 1. The Morgan fingerprint density at radius 1 is 1.06 bits per heavy atom. The zero-order valence-corrected chi connectivity index (χ0v) is 17.0. The van der Waals surface area contributed by atoms with Gasteiger partial charge in [0.15, 0.2) is 11.5 Å². The Balaban J connectivity index is 1.45. The van der Waals surface area contributed by atoms with Gasteiger partial charge >= 0.3 is 5.97 Å². The number of amides is 1. The van der Waals surface area contributed by atoms with Crippen LogP contribution in [-0.4, -0.2) is 31.7 Å². The molecule has 0 unspecified atom stereocenters. The first-order valence-electron chi connectivity index (χ1n) is 10.2. The number of carbonyl (C=O) groups is 2. The summed E-state index contributed by atoms with van der Waals surface area (Å²) in [6, 6.07) is 14.5. The Morgan fingerprint density at radius 2 is 1.81 bits per heavy atom. The van der Waals surface area contributed by atoms with Crippen molar-refractivity contribution in [3.05, 3.63) is 65.4 Å². The summed E-state index contributed by atoms with van der Waals surface area (Å²) in [6.45, 7) is 3.09. The van der Waals surface area contributed by atoms with Crippen LogP contribution in [-0.2, 0) is 9.53 Å². The molecule has 3 aromatic rings. The molecule has 7 nitrogen and oxygen atoms in total. The number of benzene rings is 2. The van der Waals surface area contributed by atoms with E-state index in [0.29, 0.717) is 54.1 Å². The van der Waals surface area contributed by atoms with E-state index in [2.05, 4.69) is 5.32 Å². The van der Waals surface area contributed by atoms with Crippen molar-refractivity contribution in [2.75, 3.05) is 25.1 Å². The molecular weight excluding hydrogens is 398 g/mol. The van der Waals surface area contributed by atoms with Gasteiger partial charge in [0.05, 0.1) is 18.1 Å². The minimum atomic E-state index is -0.353. The van der Waals surface area contributed by atoms with Crippen LogP contribution in [0, 0.1) is 0 Å². The molecule has 158 valence electrons. The van der Waals surface area contributed by atoms with Crippen LogP contribution in [0.4, 0.5) is 5.69 Å². The number of hydrogen-bond donors (Lipinski definition) is 1. The molecule has 1 N–H and O–H groups in total. The molecule has 0 saturated heterocycles. The number of carbonyl (C=O) groups excluding carboxylic acids is 2.